The average molecular weight is 347 g/mol. The molecular formula is C17H19BrN2O. The van der Waals surface area contributed by atoms with Crippen molar-refractivity contribution in [2.45, 2.75) is 20.3 Å². The summed E-state index contributed by atoms with van der Waals surface area (Å²) in [5.74, 6) is -0.0590. The van der Waals surface area contributed by atoms with Crippen molar-refractivity contribution in [2.24, 2.45) is 0 Å². The van der Waals surface area contributed by atoms with Crippen molar-refractivity contribution in [3.05, 3.63) is 58.1 Å². The Morgan fingerprint density at radius 1 is 1.10 bits per heavy atom. The molecule has 3 nitrogen and oxygen atoms in total. The zero-order valence-corrected chi connectivity index (χ0v) is 13.8. The van der Waals surface area contributed by atoms with Gasteiger partial charge in [0.25, 0.3) is 0 Å². The lowest BCUT2D eigenvalue weighted by molar-refractivity contribution is -0.114. The summed E-state index contributed by atoms with van der Waals surface area (Å²) in [5.41, 5.74) is 4.14. The fourth-order valence-corrected chi connectivity index (χ4v) is 2.21. The van der Waals surface area contributed by atoms with Crippen LogP contribution >= 0.6 is 15.9 Å². The number of hydrogen-bond donors (Lipinski definition) is 2. The standard InChI is InChI=1S/C17H19BrN2O/c1-3-13-4-6-14(7-5-13)19-11-17(21)20-15-8-9-16(18)12(2)10-15/h4-10,19H,3,11H2,1-2H3,(H,20,21). The fourth-order valence-electron chi connectivity index (χ4n) is 1.97. The van der Waals surface area contributed by atoms with Gasteiger partial charge in [-0.1, -0.05) is 35.0 Å². The van der Waals surface area contributed by atoms with Crippen molar-refractivity contribution < 1.29 is 4.79 Å². The highest BCUT2D eigenvalue weighted by atomic mass is 79.9. The maximum atomic E-state index is 11.9. The summed E-state index contributed by atoms with van der Waals surface area (Å²) >= 11 is 3.44. The molecule has 4 heteroatoms. The summed E-state index contributed by atoms with van der Waals surface area (Å²) in [5, 5.41) is 6.00. The van der Waals surface area contributed by atoms with Crippen molar-refractivity contribution in [3.8, 4) is 0 Å². The monoisotopic (exact) mass is 346 g/mol. The van der Waals surface area contributed by atoms with Gasteiger partial charge < -0.3 is 10.6 Å². The fraction of sp³-hybridized carbons (Fsp3) is 0.235. The van der Waals surface area contributed by atoms with Crippen molar-refractivity contribution in [2.75, 3.05) is 17.2 Å². The van der Waals surface area contributed by atoms with Gasteiger partial charge in [-0.15, -0.1) is 0 Å². The molecule has 0 saturated heterocycles. The molecule has 0 aliphatic carbocycles. The van der Waals surface area contributed by atoms with Gasteiger partial charge in [0.15, 0.2) is 0 Å². The Balaban J connectivity index is 1.87. The van der Waals surface area contributed by atoms with Crippen molar-refractivity contribution in [1.29, 1.82) is 0 Å². The highest BCUT2D eigenvalue weighted by molar-refractivity contribution is 9.10. The van der Waals surface area contributed by atoms with Crippen molar-refractivity contribution in [3.63, 3.8) is 0 Å². The number of carbonyl (C=O) groups excluding carboxylic acids is 1. The number of carbonyl (C=O) groups is 1. The van der Waals surface area contributed by atoms with Crippen LogP contribution in [0.25, 0.3) is 0 Å². The maximum absolute atomic E-state index is 11.9. The van der Waals surface area contributed by atoms with Gasteiger partial charge in [-0.05, 0) is 54.8 Å². The van der Waals surface area contributed by atoms with Crippen molar-refractivity contribution >= 4 is 33.2 Å². The quantitative estimate of drug-likeness (QED) is 0.843. The minimum absolute atomic E-state index is 0.0590. The van der Waals surface area contributed by atoms with Gasteiger partial charge in [0.05, 0.1) is 6.54 Å². The molecule has 0 atom stereocenters. The Kier molecular flexibility index (Phi) is 5.39. The third-order valence-electron chi connectivity index (χ3n) is 3.26. The zero-order chi connectivity index (χ0) is 15.2. The second-order valence-corrected chi connectivity index (χ2v) is 5.77. The van der Waals surface area contributed by atoms with Crippen LogP contribution in [-0.2, 0) is 11.2 Å². The van der Waals surface area contributed by atoms with Gasteiger partial charge in [-0.25, -0.2) is 0 Å². The first-order valence-electron chi connectivity index (χ1n) is 6.97. The molecule has 0 aliphatic heterocycles. The minimum atomic E-state index is -0.0590. The van der Waals surface area contributed by atoms with Crippen LogP contribution in [0.2, 0.25) is 0 Å². The molecule has 0 aromatic heterocycles. The topological polar surface area (TPSA) is 41.1 Å². The first-order valence-corrected chi connectivity index (χ1v) is 7.76. The number of halogens is 1. The number of nitrogens with one attached hydrogen (secondary N) is 2. The number of hydrogen-bond acceptors (Lipinski definition) is 2. The Bertz CT molecular complexity index is 623. The highest BCUT2D eigenvalue weighted by Crippen LogP contribution is 2.20. The predicted octanol–water partition coefficient (Wildman–Crippen LogP) is 4.37. The predicted molar refractivity (Wildman–Crippen MR) is 91.8 cm³/mol. The SMILES string of the molecule is CCc1ccc(NCC(=O)Nc2ccc(Br)c(C)c2)cc1. The molecule has 0 unspecified atom stereocenters. The third kappa shape index (κ3) is 4.60. The molecule has 0 fully saturated rings. The first-order chi connectivity index (χ1) is 10.1. The molecule has 2 N–H and O–H groups in total. The molecule has 0 bridgehead atoms. The molecule has 0 saturated carbocycles. The Labute approximate surface area is 133 Å². The van der Waals surface area contributed by atoms with Gasteiger partial charge in [0.1, 0.15) is 0 Å². The van der Waals surface area contributed by atoms with E-state index < -0.39 is 0 Å². The van der Waals surface area contributed by atoms with E-state index in [-0.39, 0.29) is 12.5 Å². The van der Waals surface area contributed by atoms with Crippen LogP contribution in [0.15, 0.2) is 46.9 Å². The number of anilines is 2. The van der Waals surface area contributed by atoms with E-state index >= 15 is 0 Å². The molecule has 0 spiro atoms. The summed E-state index contributed by atoms with van der Waals surface area (Å²) in [7, 11) is 0. The molecule has 110 valence electrons. The number of benzene rings is 2. The first kappa shape index (κ1) is 15.6. The minimum Gasteiger partial charge on any atom is -0.376 e. The molecule has 2 aromatic carbocycles. The Hall–Kier alpha value is -1.81. The van der Waals surface area contributed by atoms with Crippen LogP contribution < -0.4 is 10.6 Å². The van der Waals surface area contributed by atoms with Crippen molar-refractivity contribution in [1.82, 2.24) is 0 Å². The van der Waals surface area contributed by atoms with E-state index in [2.05, 4.69) is 45.6 Å². The van der Waals surface area contributed by atoms with Gasteiger partial charge in [-0.3, -0.25) is 4.79 Å². The second kappa shape index (κ2) is 7.27. The molecule has 2 rings (SSSR count). The second-order valence-electron chi connectivity index (χ2n) is 4.92. The molecule has 0 heterocycles. The van der Waals surface area contributed by atoms with Gasteiger partial charge >= 0.3 is 0 Å². The zero-order valence-electron chi connectivity index (χ0n) is 12.2. The largest absolute Gasteiger partial charge is 0.376 e. The van der Waals surface area contributed by atoms with E-state index in [4.69, 9.17) is 0 Å². The van der Waals surface area contributed by atoms with Crippen LogP contribution in [0.4, 0.5) is 11.4 Å². The van der Waals surface area contributed by atoms with Crippen LogP contribution in [0.1, 0.15) is 18.1 Å². The van der Waals surface area contributed by atoms with Crippen LogP contribution in [0.5, 0.6) is 0 Å². The summed E-state index contributed by atoms with van der Waals surface area (Å²) in [6, 6.07) is 13.9. The summed E-state index contributed by atoms with van der Waals surface area (Å²) in [6.45, 7) is 4.37. The van der Waals surface area contributed by atoms with E-state index in [1.807, 2.05) is 37.3 Å². The number of aryl methyl sites for hydroxylation is 2. The van der Waals surface area contributed by atoms with Gasteiger partial charge in [-0.2, -0.15) is 0 Å². The van der Waals surface area contributed by atoms with Gasteiger partial charge in [0.2, 0.25) is 5.91 Å². The van der Waals surface area contributed by atoms with Crippen LogP contribution in [0.3, 0.4) is 0 Å². The molecule has 21 heavy (non-hydrogen) atoms. The molecule has 1 amide bonds. The van der Waals surface area contributed by atoms with E-state index in [1.54, 1.807) is 0 Å². The summed E-state index contributed by atoms with van der Waals surface area (Å²) < 4.78 is 1.04. The average Bonchev–Trinajstić information content (AvgIpc) is 2.49. The van der Waals surface area contributed by atoms with E-state index in [9.17, 15) is 4.79 Å². The van der Waals surface area contributed by atoms with Crippen LogP contribution in [-0.4, -0.2) is 12.5 Å². The molecule has 0 radical (unpaired) electrons. The van der Waals surface area contributed by atoms with Crippen LogP contribution in [0, 0.1) is 6.92 Å². The third-order valence-corrected chi connectivity index (χ3v) is 4.15. The highest BCUT2D eigenvalue weighted by Gasteiger charge is 2.03. The van der Waals surface area contributed by atoms with E-state index in [0.717, 1.165) is 27.8 Å². The lowest BCUT2D eigenvalue weighted by Crippen LogP contribution is -2.21. The summed E-state index contributed by atoms with van der Waals surface area (Å²) in [6.07, 6.45) is 1.02. The Morgan fingerprint density at radius 3 is 2.38 bits per heavy atom. The number of rotatable bonds is 5. The number of amides is 1. The normalized spacial score (nSPS) is 10.2. The lowest BCUT2D eigenvalue weighted by atomic mass is 10.1. The Morgan fingerprint density at radius 2 is 1.76 bits per heavy atom. The maximum Gasteiger partial charge on any atom is 0.243 e. The van der Waals surface area contributed by atoms with Gasteiger partial charge in [0, 0.05) is 15.8 Å². The molecular weight excluding hydrogens is 328 g/mol. The molecule has 2 aromatic rings. The smallest absolute Gasteiger partial charge is 0.243 e. The van der Waals surface area contributed by atoms with E-state index in [0.29, 0.717) is 0 Å². The van der Waals surface area contributed by atoms with E-state index in [1.165, 1.54) is 5.56 Å². The summed E-state index contributed by atoms with van der Waals surface area (Å²) in [4.78, 5) is 11.9. The lowest BCUT2D eigenvalue weighted by Gasteiger charge is -2.09. The molecule has 0 aliphatic rings.